The summed E-state index contributed by atoms with van der Waals surface area (Å²) in [6, 6.07) is 9.65. The van der Waals surface area contributed by atoms with Crippen molar-refractivity contribution in [3.63, 3.8) is 0 Å². The van der Waals surface area contributed by atoms with E-state index in [0.29, 0.717) is 25.3 Å². The summed E-state index contributed by atoms with van der Waals surface area (Å²) >= 11 is 0. The van der Waals surface area contributed by atoms with E-state index in [-0.39, 0.29) is 5.91 Å². The van der Waals surface area contributed by atoms with Gasteiger partial charge in [0.05, 0.1) is 0 Å². The van der Waals surface area contributed by atoms with Gasteiger partial charge in [-0.05, 0) is 32.4 Å². The molecule has 0 aliphatic carbocycles. The number of benzene rings is 1. The van der Waals surface area contributed by atoms with E-state index in [2.05, 4.69) is 10.3 Å². The molecular weight excluding hydrogens is 252 g/mol. The largest absolute Gasteiger partial charge is 0.370 e. The van der Waals surface area contributed by atoms with Crippen LogP contribution >= 0.6 is 0 Å². The van der Waals surface area contributed by atoms with Crippen molar-refractivity contribution in [1.82, 2.24) is 4.90 Å². The van der Waals surface area contributed by atoms with Gasteiger partial charge in [0.25, 0.3) is 0 Å². The molecule has 5 heteroatoms. The van der Waals surface area contributed by atoms with Crippen LogP contribution in [0.1, 0.15) is 26.7 Å². The number of nitrogens with one attached hydrogen (secondary N) is 1. The maximum atomic E-state index is 11.8. The first-order valence-electron chi connectivity index (χ1n) is 7.07. The first-order chi connectivity index (χ1) is 9.67. The van der Waals surface area contributed by atoms with E-state index in [0.717, 1.165) is 18.8 Å². The molecule has 0 fully saturated rings. The van der Waals surface area contributed by atoms with Crippen LogP contribution in [0.5, 0.6) is 0 Å². The molecule has 0 saturated carbocycles. The molecule has 0 spiro atoms. The number of anilines is 1. The van der Waals surface area contributed by atoms with Gasteiger partial charge in [0, 0.05) is 31.7 Å². The minimum Gasteiger partial charge on any atom is -0.370 e. The molecule has 1 rings (SSSR count). The monoisotopic (exact) mass is 276 g/mol. The molecule has 0 radical (unpaired) electrons. The molecule has 0 aromatic heterocycles. The lowest BCUT2D eigenvalue weighted by atomic mass is 10.2. The van der Waals surface area contributed by atoms with Gasteiger partial charge in [-0.15, -0.1) is 0 Å². The van der Waals surface area contributed by atoms with Gasteiger partial charge in [0.1, 0.15) is 0 Å². The van der Waals surface area contributed by atoms with Gasteiger partial charge in [0.2, 0.25) is 5.91 Å². The fourth-order valence-electron chi connectivity index (χ4n) is 1.87. The molecule has 0 heterocycles. The Kier molecular flexibility index (Phi) is 7.17. The summed E-state index contributed by atoms with van der Waals surface area (Å²) in [4.78, 5) is 17.8. The molecule has 1 aromatic carbocycles. The lowest BCUT2D eigenvalue weighted by Gasteiger charge is -2.18. The molecule has 3 N–H and O–H groups in total. The highest BCUT2D eigenvalue weighted by Gasteiger charge is 2.08. The molecule has 0 saturated heterocycles. The highest BCUT2D eigenvalue weighted by atomic mass is 16.2. The second-order valence-corrected chi connectivity index (χ2v) is 4.43. The molecule has 0 aliphatic rings. The summed E-state index contributed by atoms with van der Waals surface area (Å²) < 4.78 is 0. The summed E-state index contributed by atoms with van der Waals surface area (Å²) in [5, 5.41) is 3.01. The van der Waals surface area contributed by atoms with Gasteiger partial charge < -0.3 is 16.0 Å². The molecule has 0 bridgehead atoms. The van der Waals surface area contributed by atoms with Crippen LogP contribution < -0.4 is 11.1 Å². The number of hydrogen-bond acceptors (Lipinski definition) is 2. The van der Waals surface area contributed by atoms with Crippen molar-refractivity contribution in [2.24, 2.45) is 10.7 Å². The Labute approximate surface area is 120 Å². The van der Waals surface area contributed by atoms with E-state index >= 15 is 0 Å². The van der Waals surface area contributed by atoms with Crippen LogP contribution in [0.2, 0.25) is 0 Å². The van der Waals surface area contributed by atoms with E-state index in [9.17, 15) is 4.79 Å². The fourth-order valence-corrected chi connectivity index (χ4v) is 1.87. The number of guanidine groups is 1. The number of rotatable bonds is 7. The summed E-state index contributed by atoms with van der Waals surface area (Å²) in [6.07, 6.45) is 1.23. The second-order valence-electron chi connectivity index (χ2n) is 4.43. The topological polar surface area (TPSA) is 70.7 Å². The van der Waals surface area contributed by atoms with Crippen LogP contribution in [0.25, 0.3) is 0 Å². The minimum atomic E-state index is 0.180. The van der Waals surface area contributed by atoms with Crippen molar-refractivity contribution in [2.75, 3.05) is 25.0 Å². The number of nitrogens with zero attached hydrogens (tertiary/aromatic N) is 2. The van der Waals surface area contributed by atoms with Crippen LogP contribution in [0.4, 0.5) is 5.69 Å². The Morgan fingerprint density at radius 2 is 1.90 bits per heavy atom. The van der Waals surface area contributed by atoms with Crippen molar-refractivity contribution in [3.05, 3.63) is 30.3 Å². The number of carbonyl (C=O) groups is 1. The third-order valence-corrected chi connectivity index (χ3v) is 2.99. The minimum absolute atomic E-state index is 0.180. The van der Waals surface area contributed by atoms with Gasteiger partial charge in [-0.25, -0.2) is 0 Å². The van der Waals surface area contributed by atoms with Gasteiger partial charge in [-0.3, -0.25) is 9.79 Å². The zero-order valence-corrected chi connectivity index (χ0v) is 12.3. The lowest BCUT2D eigenvalue weighted by Crippen LogP contribution is -2.30. The highest BCUT2D eigenvalue weighted by Crippen LogP contribution is 2.04. The summed E-state index contributed by atoms with van der Waals surface area (Å²) in [5.41, 5.74) is 6.69. The number of amides is 1. The SMILES string of the molecule is CCN(CC)C(=O)CCCN=C(N)Nc1ccccc1. The zero-order chi connectivity index (χ0) is 14.8. The Hall–Kier alpha value is -2.04. The van der Waals surface area contributed by atoms with Gasteiger partial charge in [0.15, 0.2) is 5.96 Å². The van der Waals surface area contributed by atoms with Crippen molar-refractivity contribution in [1.29, 1.82) is 0 Å². The predicted octanol–water partition coefficient (Wildman–Crippen LogP) is 2.06. The first-order valence-corrected chi connectivity index (χ1v) is 7.07. The second kappa shape index (κ2) is 8.96. The highest BCUT2D eigenvalue weighted by molar-refractivity contribution is 5.92. The molecule has 110 valence electrons. The van der Waals surface area contributed by atoms with E-state index in [1.54, 1.807) is 0 Å². The van der Waals surface area contributed by atoms with E-state index < -0.39 is 0 Å². The Bertz CT molecular complexity index is 427. The predicted molar refractivity (Wildman–Crippen MR) is 83.7 cm³/mol. The fraction of sp³-hybridized carbons (Fsp3) is 0.467. The molecule has 0 unspecified atom stereocenters. The maximum Gasteiger partial charge on any atom is 0.222 e. The third-order valence-electron chi connectivity index (χ3n) is 2.99. The van der Waals surface area contributed by atoms with Crippen molar-refractivity contribution in [3.8, 4) is 0 Å². The number of carbonyl (C=O) groups excluding carboxylic acids is 1. The van der Waals surface area contributed by atoms with E-state index in [1.165, 1.54) is 0 Å². The van der Waals surface area contributed by atoms with E-state index in [1.807, 2.05) is 49.1 Å². The number of aliphatic imine (C=N–C) groups is 1. The van der Waals surface area contributed by atoms with Crippen LogP contribution in [0, 0.1) is 0 Å². The average molecular weight is 276 g/mol. The number of para-hydroxylation sites is 1. The summed E-state index contributed by atoms with van der Waals surface area (Å²) in [7, 11) is 0. The van der Waals surface area contributed by atoms with Gasteiger partial charge in [-0.1, -0.05) is 18.2 Å². The Balaban J connectivity index is 2.29. The molecule has 0 aliphatic heterocycles. The Morgan fingerprint density at radius 1 is 1.25 bits per heavy atom. The first kappa shape index (κ1) is 16.0. The average Bonchev–Trinajstić information content (AvgIpc) is 2.46. The molecule has 1 aromatic rings. The third kappa shape index (κ3) is 5.73. The van der Waals surface area contributed by atoms with Crippen LogP contribution in [0.15, 0.2) is 35.3 Å². The summed E-state index contributed by atoms with van der Waals surface area (Å²) in [5.74, 6) is 0.561. The van der Waals surface area contributed by atoms with Crippen LogP contribution in [0.3, 0.4) is 0 Å². The normalized spacial score (nSPS) is 11.2. The van der Waals surface area contributed by atoms with Gasteiger partial charge in [-0.2, -0.15) is 0 Å². The maximum absolute atomic E-state index is 11.8. The molecular formula is C15H24N4O. The van der Waals surface area contributed by atoms with E-state index in [4.69, 9.17) is 5.73 Å². The van der Waals surface area contributed by atoms with Crippen LogP contribution in [-0.4, -0.2) is 36.4 Å². The van der Waals surface area contributed by atoms with Crippen molar-refractivity contribution < 1.29 is 4.79 Å². The number of nitrogens with two attached hydrogens (primary N) is 1. The smallest absolute Gasteiger partial charge is 0.222 e. The standard InChI is InChI=1S/C15H24N4O/c1-3-19(4-2)14(20)11-8-12-17-15(16)18-13-9-6-5-7-10-13/h5-7,9-10H,3-4,8,11-12H2,1-2H3,(H3,16,17,18). The lowest BCUT2D eigenvalue weighted by molar-refractivity contribution is -0.130. The van der Waals surface area contributed by atoms with Crippen molar-refractivity contribution in [2.45, 2.75) is 26.7 Å². The van der Waals surface area contributed by atoms with Crippen molar-refractivity contribution >= 4 is 17.6 Å². The Morgan fingerprint density at radius 3 is 2.50 bits per heavy atom. The molecule has 5 nitrogen and oxygen atoms in total. The zero-order valence-electron chi connectivity index (χ0n) is 12.3. The molecule has 0 atom stereocenters. The van der Waals surface area contributed by atoms with Gasteiger partial charge >= 0.3 is 0 Å². The number of hydrogen-bond donors (Lipinski definition) is 2. The summed E-state index contributed by atoms with van der Waals surface area (Å²) in [6.45, 7) is 6.05. The molecule has 1 amide bonds. The molecule has 20 heavy (non-hydrogen) atoms. The quantitative estimate of drug-likeness (QED) is 0.455. The van der Waals surface area contributed by atoms with Crippen LogP contribution in [-0.2, 0) is 4.79 Å².